The predicted molar refractivity (Wildman–Crippen MR) is 69.8 cm³/mol. The molecule has 1 atom stereocenters. The molecule has 0 aliphatic carbocycles. The first-order valence-corrected chi connectivity index (χ1v) is 6.12. The van der Waals surface area contributed by atoms with Gasteiger partial charge in [-0.3, -0.25) is 0 Å². The molecule has 1 heterocycles. The van der Waals surface area contributed by atoms with Gasteiger partial charge in [-0.1, -0.05) is 13.0 Å². The van der Waals surface area contributed by atoms with Gasteiger partial charge in [0.2, 0.25) is 0 Å². The molecule has 0 aromatic carbocycles. The number of aryl methyl sites for hydroxylation is 1. The second kappa shape index (κ2) is 7.23. The van der Waals surface area contributed by atoms with Crippen LogP contribution >= 0.6 is 0 Å². The van der Waals surface area contributed by atoms with Crippen LogP contribution in [-0.2, 0) is 0 Å². The van der Waals surface area contributed by atoms with Crippen LogP contribution in [0.3, 0.4) is 0 Å². The molecule has 0 saturated carbocycles. The highest BCUT2D eigenvalue weighted by Crippen LogP contribution is 2.03. The molecule has 0 radical (unpaired) electrons. The third kappa shape index (κ3) is 5.12. The molecule has 2 N–H and O–H groups in total. The van der Waals surface area contributed by atoms with E-state index < -0.39 is 0 Å². The minimum atomic E-state index is 0.623. The van der Waals surface area contributed by atoms with Crippen LogP contribution in [0.2, 0.25) is 0 Å². The molecule has 1 unspecified atom stereocenters. The van der Waals surface area contributed by atoms with Gasteiger partial charge < -0.3 is 10.6 Å². The highest BCUT2D eigenvalue weighted by molar-refractivity contribution is 5.34. The van der Waals surface area contributed by atoms with Crippen molar-refractivity contribution >= 4 is 5.82 Å². The van der Waals surface area contributed by atoms with Gasteiger partial charge >= 0.3 is 0 Å². The van der Waals surface area contributed by atoms with Crippen molar-refractivity contribution in [3.63, 3.8) is 0 Å². The van der Waals surface area contributed by atoms with E-state index in [1.54, 1.807) is 0 Å². The highest BCUT2D eigenvalue weighted by atomic mass is 15.0. The zero-order valence-corrected chi connectivity index (χ0v) is 10.6. The van der Waals surface area contributed by atoms with E-state index in [0.29, 0.717) is 6.04 Å². The second-order valence-corrected chi connectivity index (χ2v) is 4.26. The Hall–Kier alpha value is -1.09. The zero-order chi connectivity index (χ0) is 11.8. The van der Waals surface area contributed by atoms with Crippen molar-refractivity contribution in [2.45, 2.75) is 39.7 Å². The Morgan fingerprint density at radius 1 is 1.31 bits per heavy atom. The topological polar surface area (TPSA) is 37.0 Å². The van der Waals surface area contributed by atoms with Gasteiger partial charge in [0, 0.05) is 18.8 Å². The van der Waals surface area contributed by atoms with Crippen LogP contribution in [0.5, 0.6) is 0 Å². The van der Waals surface area contributed by atoms with E-state index in [-0.39, 0.29) is 0 Å². The molecular weight excluding hydrogens is 198 g/mol. The normalized spacial score (nSPS) is 12.4. The zero-order valence-electron chi connectivity index (χ0n) is 10.6. The van der Waals surface area contributed by atoms with Gasteiger partial charge in [0.15, 0.2) is 0 Å². The fourth-order valence-electron chi connectivity index (χ4n) is 1.37. The van der Waals surface area contributed by atoms with Gasteiger partial charge in [-0.05, 0) is 44.9 Å². The number of pyridine rings is 1. The van der Waals surface area contributed by atoms with E-state index in [1.807, 2.05) is 19.2 Å². The quantitative estimate of drug-likeness (QED) is 0.695. The van der Waals surface area contributed by atoms with E-state index >= 15 is 0 Å². The van der Waals surface area contributed by atoms with Crippen molar-refractivity contribution in [3.05, 3.63) is 23.9 Å². The third-order valence-electron chi connectivity index (χ3n) is 2.68. The summed E-state index contributed by atoms with van der Waals surface area (Å²) >= 11 is 0. The van der Waals surface area contributed by atoms with Gasteiger partial charge in [0.05, 0.1) is 0 Å². The Labute approximate surface area is 98.7 Å². The van der Waals surface area contributed by atoms with Crippen LogP contribution < -0.4 is 10.6 Å². The Morgan fingerprint density at radius 3 is 2.75 bits per heavy atom. The van der Waals surface area contributed by atoms with Gasteiger partial charge in [-0.2, -0.15) is 0 Å². The highest BCUT2D eigenvalue weighted by Gasteiger charge is 1.96. The molecule has 1 aromatic rings. The van der Waals surface area contributed by atoms with E-state index in [9.17, 15) is 0 Å². The SMILES string of the molecule is CCC(C)NCCCNc1ccc(C)cn1. The molecule has 1 aromatic heterocycles. The van der Waals surface area contributed by atoms with Gasteiger partial charge in [0.1, 0.15) is 5.82 Å². The first kappa shape index (κ1) is 13.0. The minimum Gasteiger partial charge on any atom is -0.370 e. The molecule has 0 aliphatic heterocycles. The van der Waals surface area contributed by atoms with E-state index in [1.165, 1.54) is 12.0 Å². The molecule has 0 amide bonds. The van der Waals surface area contributed by atoms with Gasteiger partial charge in [0.25, 0.3) is 0 Å². The lowest BCUT2D eigenvalue weighted by Gasteiger charge is -2.11. The molecule has 0 aliphatic rings. The Kier molecular flexibility index (Phi) is 5.86. The maximum Gasteiger partial charge on any atom is 0.125 e. The van der Waals surface area contributed by atoms with Gasteiger partial charge in [-0.25, -0.2) is 4.98 Å². The number of nitrogens with zero attached hydrogens (tertiary/aromatic N) is 1. The first-order chi connectivity index (χ1) is 7.72. The van der Waals surface area contributed by atoms with Crippen molar-refractivity contribution in [3.8, 4) is 0 Å². The standard InChI is InChI=1S/C13H23N3/c1-4-12(3)14-8-5-9-15-13-7-6-11(2)10-16-13/h6-7,10,12,14H,4-5,8-9H2,1-3H3,(H,15,16). The van der Waals surface area contributed by atoms with Crippen LogP contribution in [-0.4, -0.2) is 24.1 Å². The molecule has 0 saturated heterocycles. The summed E-state index contributed by atoms with van der Waals surface area (Å²) in [5.74, 6) is 0.967. The number of hydrogen-bond acceptors (Lipinski definition) is 3. The van der Waals surface area contributed by atoms with Crippen molar-refractivity contribution in [1.29, 1.82) is 0 Å². The average molecular weight is 221 g/mol. The number of hydrogen-bond donors (Lipinski definition) is 2. The molecule has 16 heavy (non-hydrogen) atoms. The molecule has 1 rings (SSSR count). The Balaban J connectivity index is 2.09. The maximum atomic E-state index is 4.30. The summed E-state index contributed by atoms with van der Waals surface area (Å²) in [4.78, 5) is 4.30. The molecule has 3 heteroatoms. The van der Waals surface area contributed by atoms with Crippen molar-refractivity contribution in [1.82, 2.24) is 10.3 Å². The molecule has 0 bridgehead atoms. The molecule has 0 spiro atoms. The summed E-state index contributed by atoms with van der Waals surface area (Å²) < 4.78 is 0. The van der Waals surface area contributed by atoms with Crippen LogP contribution in [0.25, 0.3) is 0 Å². The van der Waals surface area contributed by atoms with Crippen molar-refractivity contribution in [2.24, 2.45) is 0 Å². The van der Waals surface area contributed by atoms with E-state index in [2.05, 4.69) is 35.5 Å². The second-order valence-electron chi connectivity index (χ2n) is 4.26. The van der Waals surface area contributed by atoms with E-state index in [4.69, 9.17) is 0 Å². The summed E-state index contributed by atoms with van der Waals surface area (Å²) in [5, 5.41) is 6.78. The summed E-state index contributed by atoms with van der Waals surface area (Å²) in [6, 6.07) is 4.72. The minimum absolute atomic E-state index is 0.623. The lowest BCUT2D eigenvalue weighted by molar-refractivity contribution is 0.529. The smallest absolute Gasteiger partial charge is 0.125 e. The van der Waals surface area contributed by atoms with Crippen molar-refractivity contribution in [2.75, 3.05) is 18.4 Å². The lowest BCUT2D eigenvalue weighted by Crippen LogP contribution is -2.27. The molecular formula is C13H23N3. The maximum absolute atomic E-state index is 4.30. The Morgan fingerprint density at radius 2 is 2.12 bits per heavy atom. The van der Waals surface area contributed by atoms with Crippen LogP contribution in [0, 0.1) is 6.92 Å². The fourth-order valence-corrected chi connectivity index (χ4v) is 1.37. The number of anilines is 1. The average Bonchev–Trinajstić information content (AvgIpc) is 2.31. The summed E-state index contributed by atoms with van der Waals surface area (Å²) in [6.07, 6.45) is 4.20. The predicted octanol–water partition coefficient (Wildman–Crippen LogP) is 2.58. The molecule has 3 nitrogen and oxygen atoms in total. The number of nitrogens with one attached hydrogen (secondary N) is 2. The van der Waals surface area contributed by atoms with Gasteiger partial charge in [-0.15, -0.1) is 0 Å². The summed E-state index contributed by atoms with van der Waals surface area (Å²) in [7, 11) is 0. The van der Waals surface area contributed by atoms with Crippen LogP contribution in [0.1, 0.15) is 32.3 Å². The number of rotatable bonds is 7. The van der Waals surface area contributed by atoms with Crippen LogP contribution in [0.4, 0.5) is 5.82 Å². The first-order valence-electron chi connectivity index (χ1n) is 6.12. The lowest BCUT2D eigenvalue weighted by atomic mass is 10.2. The Bertz CT molecular complexity index is 282. The largest absolute Gasteiger partial charge is 0.370 e. The molecule has 90 valence electrons. The monoisotopic (exact) mass is 221 g/mol. The fraction of sp³-hybridized carbons (Fsp3) is 0.615. The number of aromatic nitrogens is 1. The van der Waals surface area contributed by atoms with Crippen molar-refractivity contribution < 1.29 is 0 Å². The summed E-state index contributed by atoms with van der Waals surface area (Å²) in [5.41, 5.74) is 1.20. The third-order valence-corrected chi connectivity index (χ3v) is 2.68. The molecule has 0 fully saturated rings. The van der Waals surface area contributed by atoms with E-state index in [0.717, 1.165) is 25.3 Å². The summed E-state index contributed by atoms with van der Waals surface area (Å²) in [6.45, 7) is 8.50. The van der Waals surface area contributed by atoms with Crippen LogP contribution in [0.15, 0.2) is 18.3 Å².